The first-order valence-electron chi connectivity index (χ1n) is 12.5. The first kappa shape index (κ1) is 23.3. The number of benzene rings is 2. The van der Waals surface area contributed by atoms with Gasteiger partial charge >= 0.3 is 5.97 Å². The van der Waals surface area contributed by atoms with Gasteiger partial charge in [-0.05, 0) is 49.8 Å². The monoisotopic (exact) mass is 464 g/mol. The summed E-state index contributed by atoms with van der Waals surface area (Å²) < 4.78 is 5.46. The molecule has 4 unspecified atom stereocenters. The van der Waals surface area contributed by atoms with E-state index < -0.39 is 0 Å². The van der Waals surface area contributed by atoms with Crippen LogP contribution in [-0.4, -0.2) is 18.4 Å². The van der Waals surface area contributed by atoms with E-state index in [4.69, 9.17) is 4.74 Å². The third kappa shape index (κ3) is 3.74. The lowest BCUT2D eigenvalue weighted by atomic mass is 9.74. The maximum Gasteiger partial charge on any atom is 0.334 e. The number of ether oxygens (including phenoxy) is 1. The van der Waals surface area contributed by atoms with Crippen molar-refractivity contribution in [3.8, 4) is 0 Å². The fourth-order valence-electron chi connectivity index (χ4n) is 6.56. The van der Waals surface area contributed by atoms with E-state index in [0.29, 0.717) is 25.0 Å². The summed E-state index contributed by atoms with van der Waals surface area (Å²) in [6, 6.07) is 18.4. The van der Waals surface area contributed by atoms with Crippen LogP contribution in [0, 0.1) is 5.92 Å². The number of ketones is 1. The Kier molecular flexibility index (Phi) is 6.19. The number of esters is 1. The highest BCUT2D eigenvalue weighted by Crippen LogP contribution is 2.57. The van der Waals surface area contributed by atoms with Crippen molar-refractivity contribution in [3.05, 3.63) is 118 Å². The third-order valence-corrected chi connectivity index (χ3v) is 7.95. The van der Waals surface area contributed by atoms with Gasteiger partial charge in [0.1, 0.15) is 0 Å². The second-order valence-electron chi connectivity index (χ2n) is 9.89. The molecule has 0 saturated carbocycles. The van der Waals surface area contributed by atoms with Crippen molar-refractivity contribution in [2.45, 2.75) is 50.9 Å². The molecule has 3 aliphatic rings. The van der Waals surface area contributed by atoms with Crippen LogP contribution in [0.5, 0.6) is 0 Å². The second kappa shape index (κ2) is 9.30. The summed E-state index contributed by atoms with van der Waals surface area (Å²) in [6.07, 6.45) is 4.12. The first-order chi connectivity index (χ1) is 17.0. The fourth-order valence-corrected chi connectivity index (χ4v) is 6.56. The Morgan fingerprint density at radius 1 is 1.09 bits per heavy atom. The molecule has 0 aliphatic heterocycles. The van der Waals surface area contributed by atoms with Gasteiger partial charge in [-0.2, -0.15) is 0 Å². The van der Waals surface area contributed by atoms with E-state index >= 15 is 0 Å². The standard InChI is InChI=1S/C32H32O3/c1-5-12-23-20(4)28(25-16-11-10-15-24(23)25)26-18-22-17-19(3)27(32(34)35-6-2)29(30(22)31(26)33)21-13-8-7-9-14-21/h5,7-11,13-16,23,26,28-29H,1,4,6,12,17-18H2,2-3H3. The molecular weight excluding hydrogens is 432 g/mol. The van der Waals surface area contributed by atoms with Crippen molar-refractivity contribution < 1.29 is 14.3 Å². The van der Waals surface area contributed by atoms with Gasteiger partial charge < -0.3 is 4.74 Å². The molecule has 0 heterocycles. The SMILES string of the molecule is C=CCC1C(=C)C(C2CC3=C(C2=O)C(c2ccccc2)C(C(=O)OCC)=C(C)C3)c2ccccc21. The van der Waals surface area contributed by atoms with Crippen molar-refractivity contribution in [2.24, 2.45) is 5.92 Å². The fraction of sp³-hybridized carbons (Fsp3) is 0.312. The van der Waals surface area contributed by atoms with Crippen molar-refractivity contribution in [1.29, 1.82) is 0 Å². The summed E-state index contributed by atoms with van der Waals surface area (Å²) in [5.74, 6) is -0.558. The number of hydrogen-bond donors (Lipinski definition) is 0. The molecular formula is C32H32O3. The molecule has 35 heavy (non-hydrogen) atoms. The summed E-state index contributed by atoms with van der Waals surface area (Å²) in [5, 5.41) is 0. The van der Waals surface area contributed by atoms with Gasteiger partial charge in [0.2, 0.25) is 0 Å². The average molecular weight is 465 g/mol. The van der Waals surface area contributed by atoms with E-state index in [1.54, 1.807) is 0 Å². The van der Waals surface area contributed by atoms with Crippen LogP contribution in [0.15, 0.2) is 102 Å². The molecule has 0 N–H and O–H groups in total. The molecule has 0 fully saturated rings. The molecule has 0 saturated heterocycles. The molecule has 0 amide bonds. The smallest absolute Gasteiger partial charge is 0.334 e. The van der Waals surface area contributed by atoms with E-state index in [9.17, 15) is 9.59 Å². The molecule has 3 aliphatic carbocycles. The third-order valence-electron chi connectivity index (χ3n) is 7.95. The highest BCUT2D eigenvalue weighted by Gasteiger charge is 2.49. The Morgan fingerprint density at radius 2 is 1.77 bits per heavy atom. The van der Waals surface area contributed by atoms with Gasteiger partial charge in [-0.1, -0.05) is 84.0 Å². The van der Waals surface area contributed by atoms with E-state index in [1.807, 2.05) is 50.3 Å². The maximum absolute atomic E-state index is 14.3. The molecule has 0 bridgehead atoms. The predicted octanol–water partition coefficient (Wildman–Crippen LogP) is 6.95. The Hall–Kier alpha value is -3.46. The highest BCUT2D eigenvalue weighted by atomic mass is 16.5. The molecule has 2 aromatic carbocycles. The zero-order chi connectivity index (χ0) is 24.7. The maximum atomic E-state index is 14.3. The Bertz CT molecular complexity index is 1280. The molecule has 2 aromatic rings. The van der Waals surface area contributed by atoms with Crippen molar-refractivity contribution in [2.75, 3.05) is 6.61 Å². The van der Waals surface area contributed by atoms with Crippen LogP contribution in [0.4, 0.5) is 0 Å². The molecule has 3 nitrogen and oxygen atoms in total. The minimum atomic E-state index is -0.384. The summed E-state index contributed by atoms with van der Waals surface area (Å²) in [5.41, 5.74) is 8.14. The summed E-state index contributed by atoms with van der Waals surface area (Å²) >= 11 is 0. The number of rotatable bonds is 6. The molecule has 5 rings (SSSR count). The zero-order valence-electron chi connectivity index (χ0n) is 20.6. The van der Waals surface area contributed by atoms with Crippen LogP contribution in [0.25, 0.3) is 0 Å². The molecule has 0 radical (unpaired) electrons. The Morgan fingerprint density at radius 3 is 2.46 bits per heavy atom. The van der Waals surface area contributed by atoms with Crippen LogP contribution in [0.1, 0.15) is 67.6 Å². The number of carbonyl (C=O) groups excluding carboxylic acids is 2. The quantitative estimate of drug-likeness (QED) is 0.343. The Labute approximate surface area is 207 Å². The van der Waals surface area contributed by atoms with Crippen LogP contribution < -0.4 is 0 Å². The lowest BCUT2D eigenvalue weighted by Gasteiger charge is -2.28. The number of hydrogen-bond acceptors (Lipinski definition) is 3. The summed E-state index contributed by atoms with van der Waals surface area (Å²) in [7, 11) is 0. The van der Waals surface area contributed by atoms with Crippen LogP contribution in [-0.2, 0) is 14.3 Å². The molecule has 4 atom stereocenters. The Balaban J connectivity index is 1.57. The van der Waals surface area contributed by atoms with Crippen LogP contribution in [0.2, 0.25) is 0 Å². The van der Waals surface area contributed by atoms with E-state index in [1.165, 1.54) is 11.1 Å². The molecule has 0 aromatic heterocycles. The van der Waals surface area contributed by atoms with Gasteiger partial charge in [0.05, 0.1) is 6.61 Å². The van der Waals surface area contributed by atoms with E-state index in [0.717, 1.165) is 34.3 Å². The lowest BCUT2D eigenvalue weighted by molar-refractivity contribution is -0.138. The van der Waals surface area contributed by atoms with Gasteiger partial charge in [-0.15, -0.1) is 6.58 Å². The van der Waals surface area contributed by atoms with Gasteiger partial charge in [0, 0.05) is 34.8 Å². The van der Waals surface area contributed by atoms with Crippen LogP contribution in [0.3, 0.4) is 0 Å². The molecule has 0 spiro atoms. The van der Waals surface area contributed by atoms with Crippen molar-refractivity contribution in [1.82, 2.24) is 0 Å². The average Bonchev–Trinajstić information content (AvgIpc) is 3.32. The summed E-state index contributed by atoms with van der Waals surface area (Å²) in [6.45, 7) is 12.6. The largest absolute Gasteiger partial charge is 0.463 e. The van der Waals surface area contributed by atoms with Crippen molar-refractivity contribution in [3.63, 3.8) is 0 Å². The minimum absolute atomic E-state index is 0.0166. The normalized spacial score (nSPS) is 25.5. The van der Waals surface area contributed by atoms with Crippen molar-refractivity contribution >= 4 is 11.8 Å². The topological polar surface area (TPSA) is 43.4 Å². The van der Waals surface area contributed by atoms with Gasteiger partial charge in [0.25, 0.3) is 0 Å². The van der Waals surface area contributed by atoms with E-state index in [-0.39, 0.29) is 35.4 Å². The number of Topliss-reactive ketones (excluding diaryl/α,β-unsaturated/α-hetero) is 1. The van der Waals surface area contributed by atoms with Gasteiger partial charge in [-0.25, -0.2) is 4.79 Å². The zero-order valence-corrected chi connectivity index (χ0v) is 20.6. The summed E-state index contributed by atoms with van der Waals surface area (Å²) in [4.78, 5) is 27.4. The molecule has 178 valence electrons. The van der Waals surface area contributed by atoms with Crippen LogP contribution >= 0.6 is 0 Å². The number of allylic oxidation sites excluding steroid dienone is 5. The van der Waals surface area contributed by atoms with Gasteiger partial charge in [0.15, 0.2) is 5.78 Å². The highest BCUT2D eigenvalue weighted by molar-refractivity contribution is 6.07. The molecule has 3 heteroatoms. The first-order valence-corrected chi connectivity index (χ1v) is 12.5. The minimum Gasteiger partial charge on any atom is -0.463 e. The van der Waals surface area contributed by atoms with E-state index in [2.05, 4.69) is 37.4 Å². The number of carbonyl (C=O) groups is 2. The number of fused-ring (bicyclic) bond motifs is 1. The lowest BCUT2D eigenvalue weighted by Crippen LogP contribution is -2.26. The predicted molar refractivity (Wildman–Crippen MR) is 139 cm³/mol. The van der Waals surface area contributed by atoms with Gasteiger partial charge in [-0.3, -0.25) is 4.79 Å². The second-order valence-corrected chi connectivity index (χ2v) is 9.89.